The summed E-state index contributed by atoms with van der Waals surface area (Å²) in [6.45, 7) is 2.19. The molecule has 2 aromatic heterocycles. The maximum atomic E-state index is 14.7. The fraction of sp³-hybridized carbons (Fsp3) is 0.0182. The van der Waals surface area contributed by atoms with Crippen molar-refractivity contribution in [1.82, 2.24) is 4.57 Å². The number of halogens is 1. The Morgan fingerprint density at radius 2 is 1.10 bits per heavy atom. The van der Waals surface area contributed by atoms with Crippen LogP contribution in [0.1, 0.15) is 5.56 Å². The minimum atomic E-state index is -0.244. The molecule has 280 valence electrons. The van der Waals surface area contributed by atoms with Gasteiger partial charge in [0.2, 0.25) is 0 Å². The molecule has 0 saturated heterocycles. The van der Waals surface area contributed by atoms with E-state index in [0.717, 1.165) is 66.8 Å². The van der Waals surface area contributed by atoms with E-state index < -0.39 is 0 Å². The summed E-state index contributed by atoms with van der Waals surface area (Å²) in [5.74, 6) is -0.244. The van der Waals surface area contributed by atoms with Crippen LogP contribution in [-0.2, 0) is 0 Å². The number of anilines is 3. The fourth-order valence-corrected chi connectivity index (χ4v) is 10.1. The van der Waals surface area contributed by atoms with Gasteiger partial charge in [-0.05, 0) is 125 Å². The monoisotopic (exact) mass is 776 g/mol. The first-order chi connectivity index (χ1) is 29.1. The van der Waals surface area contributed by atoms with Gasteiger partial charge in [0, 0.05) is 53.7 Å². The van der Waals surface area contributed by atoms with Gasteiger partial charge < -0.3 is 9.47 Å². The molecule has 0 radical (unpaired) electrons. The maximum absolute atomic E-state index is 14.7. The molecule has 4 heteroatoms. The molecular formula is C55H37FN2S. The summed E-state index contributed by atoms with van der Waals surface area (Å²) in [5, 5.41) is 4.75. The molecule has 0 spiro atoms. The highest BCUT2D eigenvalue weighted by atomic mass is 32.1. The van der Waals surface area contributed by atoms with E-state index in [9.17, 15) is 4.39 Å². The van der Waals surface area contributed by atoms with Crippen LogP contribution >= 0.6 is 11.3 Å². The SMILES string of the molecule is Cc1cc(N(c2ccc(-c3cccc4c3sc3ccccc34)cc2)c2cccc(-c3ccccc3)c2)ccc1-c1cccc(-n2c3ccccc3c3ccc(F)cc32)c1. The lowest BCUT2D eigenvalue weighted by atomic mass is 9.98. The van der Waals surface area contributed by atoms with Crippen LogP contribution in [0, 0.1) is 12.7 Å². The molecule has 2 nitrogen and oxygen atoms in total. The fourth-order valence-electron chi connectivity index (χ4n) is 8.81. The third-order valence-corrected chi connectivity index (χ3v) is 12.8. The molecule has 11 rings (SSSR count). The molecule has 0 fully saturated rings. The summed E-state index contributed by atoms with van der Waals surface area (Å²) < 4.78 is 19.5. The Morgan fingerprint density at radius 1 is 0.424 bits per heavy atom. The predicted octanol–water partition coefficient (Wildman–Crippen LogP) is 16.1. The van der Waals surface area contributed by atoms with Crippen molar-refractivity contribution in [3.8, 4) is 39.1 Å². The van der Waals surface area contributed by atoms with Crippen LogP contribution in [0.5, 0.6) is 0 Å². The van der Waals surface area contributed by atoms with Gasteiger partial charge in [-0.1, -0.05) is 127 Å². The zero-order valence-electron chi connectivity index (χ0n) is 32.3. The highest BCUT2D eigenvalue weighted by Crippen LogP contribution is 2.43. The lowest BCUT2D eigenvalue weighted by Gasteiger charge is -2.27. The van der Waals surface area contributed by atoms with Gasteiger partial charge in [0.15, 0.2) is 0 Å². The van der Waals surface area contributed by atoms with E-state index >= 15 is 0 Å². The van der Waals surface area contributed by atoms with Gasteiger partial charge in [0.25, 0.3) is 0 Å². The van der Waals surface area contributed by atoms with E-state index in [-0.39, 0.29) is 5.82 Å². The van der Waals surface area contributed by atoms with Crippen LogP contribution < -0.4 is 4.90 Å². The second-order valence-electron chi connectivity index (χ2n) is 15.1. The van der Waals surface area contributed by atoms with Crippen LogP contribution in [0.15, 0.2) is 206 Å². The van der Waals surface area contributed by atoms with Gasteiger partial charge >= 0.3 is 0 Å². The smallest absolute Gasteiger partial charge is 0.125 e. The molecule has 0 aliphatic heterocycles. The van der Waals surface area contributed by atoms with E-state index in [0.29, 0.717) is 0 Å². The molecule has 59 heavy (non-hydrogen) atoms. The predicted molar refractivity (Wildman–Crippen MR) is 249 cm³/mol. The second kappa shape index (κ2) is 14.3. The zero-order valence-corrected chi connectivity index (χ0v) is 33.1. The molecule has 0 unspecified atom stereocenters. The number of rotatable bonds is 7. The molecule has 11 aromatic rings. The highest BCUT2D eigenvalue weighted by molar-refractivity contribution is 7.26. The Labute approximate surface area is 346 Å². The third kappa shape index (κ3) is 6.08. The summed E-state index contributed by atoms with van der Waals surface area (Å²) >= 11 is 1.86. The summed E-state index contributed by atoms with van der Waals surface area (Å²) in [6.07, 6.45) is 0. The average molecular weight is 777 g/mol. The summed E-state index contributed by atoms with van der Waals surface area (Å²) in [7, 11) is 0. The van der Waals surface area contributed by atoms with Crippen molar-refractivity contribution < 1.29 is 4.39 Å². The average Bonchev–Trinajstić information content (AvgIpc) is 3.83. The van der Waals surface area contributed by atoms with Crippen molar-refractivity contribution in [2.24, 2.45) is 0 Å². The summed E-state index contributed by atoms with van der Waals surface area (Å²) in [6, 6.07) is 72.4. The first-order valence-corrected chi connectivity index (χ1v) is 20.8. The number of aryl methyl sites for hydroxylation is 1. The zero-order chi connectivity index (χ0) is 39.5. The lowest BCUT2D eigenvalue weighted by molar-refractivity contribution is 0.629. The molecule has 0 bridgehead atoms. The van der Waals surface area contributed by atoms with E-state index in [1.807, 2.05) is 29.5 Å². The Hall–Kier alpha value is -7.27. The van der Waals surface area contributed by atoms with Gasteiger partial charge in [-0.3, -0.25) is 0 Å². The number of thiophene rings is 1. The van der Waals surface area contributed by atoms with E-state index in [2.05, 4.69) is 192 Å². The summed E-state index contributed by atoms with van der Waals surface area (Å²) in [4.78, 5) is 2.36. The van der Waals surface area contributed by atoms with E-state index in [1.54, 1.807) is 12.1 Å². The van der Waals surface area contributed by atoms with Crippen LogP contribution in [-0.4, -0.2) is 4.57 Å². The normalized spacial score (nSPS) is 11.6. The standard InChI is InChI=1S/C55H37FN2S/c1-36-32-45(29-31-46(36)40-15-10-17-44(34-40)58-52-22-7-5-18-48(52)49-30-26-41(56)35-53(49)58)57(43-16-9-14-39(33-43)37-12-3-2-4-13-37)42-27-24-38(25-28-42)47-20-11-21-51-50-19-6-8-23-54(50)59-55(47)51/h2-35H,1H3. The van der Waals surface area contributed by atoms with Crippen LogP contribution in [0.3, 0.4) is 0 Å². The number of benzene rings is 9. The molecule has 2 heterocycles. The number of fused-ring (bicyclic) bond motifs is 6. The van der Waals surface area contributed by atoms with Crippen molar-refractivity contribution in [2.75, 3.05) is 4.90 Å². The molecule has 0 aliphatic rings. The Kier molecular flexibility index (Phi) is 8.46. The highest BCUT2D eigenvalue weighted by Gasteiger charge is 2.18. The number of aromatic nitrogens is 1. The molecule has 0 N–H and O–H groups in total. The molecule has 9 aromatic carbocycles. The summed E-state index contributed by atoms with van der Waals surface area (Å²) in [5.41, 5.74) is 14.3. The van der Waals surface area contributed by atoms with Crippen LogP contribution in [0.25, 0.3) is 81.0 Å². The Balaban J connectivity index is 1.01. The molecule has 0 aliphatic carbocycles. The molecule has 0 saturated carbocycles. The number of hydrogen-bond donors (Lipinski definition) is 0. The van der Waals surface area contributed by atoms with Crippen molar-refractivity contribution in [3.63, 3.8) is 0 Å². The number of para-hydroxylation sites is 1. The lowest BCUT2D eigenvalue weighted by Crippen LogP contribution is -2.10. The van der Waals surface area contributed by atoms with Crippen molar-refractivity contribution in [3.05, 3.63) is 218 Å². The Bertz CT molecular complexity index is 3360. The number of nitrogens with zero attached hydrogens (tertiary/aromatic N) is 2. The topological polar surface area (TPSA) is 8.17 Å². The van der Waals surface area contributed by atoms with Gasteiger partial charge in [-0.2, -0.15) is 0 Å². The van der Waals surface area contributed by atoms with Gasteiger partial charge in [0.05, 0.1) is 11.0 Å². The van der Waals surface area contributed by atoms with Crippen LogP contribution in [0.2, 0.25) is 0 Å². The number of hydrogen-bond acceptors (Lipinski definition) is 2. The first kappa shape index (κ1) is 34.9. The quantitative estimate of drug-likeness (QED) is 0.156. The van der Waals surface area contributed by atoms with Crippen molar-refractivity contribution in [2.45, 2.75) is 6.92 Å². The van der Waals surface area contributed by atoms with Gasteiger partial charge in [-0.15, -0.1) is 11.3 Å². The minimum Gasteiger partial charge on any atom is -0.310 e. The van der Waals surface area contributed by atoms with Crippen molar-refractivity contribution >= 4 is 70.4 Å². The molecular weight excluding hydrogens is 740 g/mol. The third-order valence-electron chi connectivity index (χ3n) is 11.6. The molecule has 0 atom stereocenters. The van der Waals surface area contributed by atoms with Crippen LogP contribution in [0.4, 0.5) is 21.5 Å². The molecule has 0 amide bonds. The van der Waals surface area contributed by atoms with Gasteiger partial charge in [0.1, 0.15) is 5.82 Å². The minimum absolute atomic E-state index is 0.244. The van der Waals surface area contributed by atoms with Gasteiger partial charge in [-0.25, -0.2) is 4.39 Å². The van der Waals surface area contributed by atoms with E-state index in [1.165, 1.54) is 36.9 Å². The second-order valence-corrected chi connectivity index (χ2v) is 16.2. The maximum Gasteiger partial charge on any atom is 0.125 e. The largest absolute Gasteiger partial charge is 0.310 e. The Morgan fingerprint density at radius 3 is 1.97 bits per heavy atom. The van der Waals surface area contributed by atoms with E-state index in [4.69, 9.17) is 0 Å². The first-order valence-electron chi connectivity index (χ1n) is 19.9. The van der Waals surface area contributed by atoms with Crippen molar-refractivity contribution in [1.29, 1.82) is 0 Å².